The SMILES string of the molecule is COc1ccc(-c2csc(NC(=O)COC(=O)Cc3cccs3)n2)cc1. The first-order valence-electron chi connectivity index (χ1n) is 7.72. The fourth-order valence-corrected chi connectivity index (χ4v) is 3.56. The first kappa shape index (κ1) is 18.1. The van der Waals surface area contributed by atoms with Crippen LogP contribution in [0.25, 0.3) is 11.3 Å². The van der Waals surface area contributed by atoms with Gasteiger partial charge in [-0.3, -0.25) is 14.9 Å². The number of nitrogens with zero attached hydrogens (tertiary/aromatic N) is 1. The van der Waals surface area contributed by atoms with E-state index in [9.17, 15) is 9.59 Å². The van der Waals surface area contributed by atoms with E-state index in [1.807, 2.05) is 47.2 Å². The van der Waals surface area contributed by atoms with Gasteiger partial charge in [0.1, 0.15) is 5.75 Å². The molecule has 0 unspecified atom stereocenters. The van der Waals surface area contributed by atoms with Crippen molar-refractivity contribution in [3.05, 3.63) is 52.0 Å². The summed E-state index contributed by atoms with van der Waals surface area (Å²) in [4.78, 5) is 28.9. The number of thiazole rings is 1. The predicted molar refractivity (Wildman–Crippen MR) is 102 cm³/mol. The summed E-state index contributed by atoms with van der Waals surface area (Å²) >= 11 is 2.78. The van der Waals surface area contributed by atoms with Crippen molar-refractivity contribution >= 4 is 39.7 Å². The molecule has 8 heteroatoms. The second-order valence-corrected chi connectivity index (χ2v) is 7.12. The van der Waals surface area contributed by atoms with E-state index in [0.29, 0.717) is 5.13 Å². The maximum Gasteiger partial charge on any atom is 0.311 e. The summed E-state index contributed by atoms with van der Waals surface area (Å²) in [6.07, 6.45) is 0.170. The number of carbonyl (C=O) groups is 2. The molecule has 2 aromatic heterocycles. The molecule has 0 aliphatic carbocycles. The number of esters is 1. The van der Waals surface area contributed by atoms with Gasteiger partial charge in [-0.1, -0.05) is 6.07 Å². The van der Waals surface area contributed by atoms with Crippen molar-refractivity contribution in [3.8, 4) is 17.0 Å². The predicted octanol–water partition coefficient (Wildman–Crippen LogP) is 3.60. The largest absolute Gasteiger partial charge is 0.497 e. The number of nitrogens with one attached hydrogen (secondary N) is 1. The molecule has 0 saturated heterocycles. The molecule has 0 spiro atoms. The molecule has 1 aromatic carbocycles. The Bertz CT molecular complexity index is 873. The maximum atomic E-state index is 11.9. The summed E-state index contributed by atoms with van der Waals surface area (Å²) < 4.78 is 10.1. The molecule has 0 fully saturated rings. The molecule has 0 atom stereocenters. The zero-order valence-electron chi connectivity index (χ0n) is 13.9. The van der Waals surface area contributed by atoms with Crippen LogP contribution in [0.4, 0.5) is 5.13 Å². The first-order valence-corrected chi connectivity index (χ1v) is 9.48. The van der Waals surface area contributed by atoms with E-state index >= 15 is 0 Å². The summed E-state index contributed by atoms with van der Waals surface area (Å²) in [5, 5.41) is 6.83. The number of carbonyl (C=O) groups excluding carboxylic acids is 2. The molecule has 26 heavy (non-hydrogen) atoms. The van der Waals surface area contributed by atoms with Crippen LogP contribution >= 0.6 is 22.7 Å². The van der Waals surface area contributed by atoms with E-state index < -0.39 is 11.9 Å². The number of benzene rings is 1. The van der Waals surface area contributed by atoms with Crippen molar-refractivity contribution in [1.82, 2.24) is 4.98 Å². The zero-order chi connectivity index (χ0) is 18.4. The number of hydrogen-bond acceptors (Lipinski definition) is 7. The zero-order valence-corrected chi connectivity index (χ0v) is 15.6. The van der Waals surface area contributed by atoms with Crippen molar-refractivity contribution in [2.75, 3.05) is 19.0 Å². The van der Waals surface area contributed by atoms with Gasteiger partial charge < -0.3 is 9.47 Å². The van der Waals surface area contributed by atoms with Crippen molar-refractivity contribution in [2.45, 2.75) is 6.42 Å². The Kier molecular flexibility index (Phi) is 5.98. The van der Waals surface area contributed by atoms with Gasteiger partial charge >= 0.3 is 5.97 Å². The van der Waals surface area contributed by atoms with Crippen LogP contribution in [0.3, 0.4) is 0 Å². The third-order valence-corrected chi connectivity index (χ3v) is 5.03. The smallest absolute Gasteiger partial charge is 0.311 e. The third-order valence-electron chi connectivity index (χ3n) is 3.40. The molecule has 0 aliphatic rings. The van der Waals surface area contributed by atoms with Crippen molar-refractivity contribution < 1.29 is 19.1 Å². The minimum absolute atomic E-state index is 0.170. The lowest BCUT2D eigenvalue weighted by atomic mass is 10.2. The second-order valence-electron chi connectivity index (χ2n) is 5.23. The number of anilines is 1. The Morgan fingerprint density at radius 1 is 1.15 bits per heavy atom. The van der Waals surface area contributed by atoms with Gasteiger partial charge in [0, 0.05) is 15.8 Å². The van der Waals surface area contributed by atoms with Crippen LogP contribution in [0, 0.1) is 0 Å². The molecular weight excluding hydrogens is 372 g/mol. The summed E-state index contributed by atoms with van der Waals surface area (Å²) in [5.41, 5.74) is 1.67. The molecule has 1 N–H and O–H groups in total. The van der Waals surface area contributed by atoms with Crippen LogP contribution in [0.2, 0.25) is 0 Å². The number of hydrogen-bond donors (Lipinski definition) is 1. The highest BCUT2D eigenvalue weighted by atomic mass is 32.1. The van der Waals surface area contributed by atoms with Gasteiger partial charge in [-0.05, 0) is 35.7 Å². The Labute approximate surface area is 158 Å². The molecule has 1 amide bonds. The van der Waals surface area contributed by atoms with Crippen LogP contribution < -0.4 is 10.1 Å². The van der Waals surface area contributed by atoms with Crippen molar-refractivity contribution in [1.29, 1.82) is 0 Å². The van der Waals surface area contributed by atoms with Gasteiger partial charge in [0.2, 0.25) is 0 Å². The molecule has 3 aromatic rings. The monoisotopic (exact) mass is 388 g/mol. The molecule has 134 valence electrons. The molecule has 0 aliphatic heterocycles. The molecule has 0 saturated carbocycles. The number of rotatable bonds is 7. The van der Waals surface area contributed by atoms with Gasteiger partial charge in [-0.2, -0.15) is 0 Å². The lowest BCUT2D eigenvalue weighted by Crippen LogP contribution is -2.21. The Balaban J connectivity index is 1.50. The van der Waals surface area contributed by atoms with Crippen LogP contribution in [0.15, 0.2) is 47.2 Å². The van der Waals surface area contributed by atoms with Crippen LogP contribution in [-0.2, 0) is 20.7 Å². The number of amides is 1. The highest BCUT2D eigenvalue weighted by Crippen LogP contribution is 2.26. The quantitative estimate of drug-likeness (QED) is 0.626. The van der Waals surface area contributed by atoms with Gasteiger partial charge in [0.25, 0.3) is 5.91 Å². The fraction of sp³-hybridized carbons (Fsp3) is 0.167. The van der Waals surface area contributed by atoms with Crippen molar-refractivity contribution in [3.63, 3.8) is 0 Å². The Morgan fingerprint density at radius 3 is 2.65 bits per heavy atom. The summed E-state index contributed by atoms with van der Waals surface area (Å²) in [6.45, 7) is -0.332. The lowest BCUT2D eigenvalue weighted by Gasteiger charge is -2.04. The van der Waals surface area contributed by atoms with E-state index in [2.05, 4.69) is 10.3 Å². The third kappa shape index (κ3) is 4.90. The number of thiophene rings is 1. The van der Waals surface area contributed by atoms with E-state index in [-0.39, 0.29) is 13.0 Å². The van der Waals surface area contributed by atoms with Gasteiger partial charge in [-0.25, -0.2) is 4.98 Å². The normalized spacial score (nSPS) is 10.3. The molecule has 0 bridgehead atoms. The minimum Gasteiger partial charge on any atom is -0.497 e. The van der Waals surface area contributed by atoms with E-state index in [1.165, 1.54) is 22.7 Å². The second kappa shape index (κ2) is 8.59. The van der Waals surface area contributed by atoms with Crippen LogP contribution in [0.5, 0.6) is 5.75 Å². The molecule has 3 rings (SSSR count). The maximum absolute atomic E-state index is 11.9. The average Bonchev–Trinajstić information content (AvgIpc) is 3.32. The molecular formula is C18H16N2O4S2. The van der Waals surface area contributed by atoms with E-state index in [0.717, 1.165) is 21.9 Å². The summed E-state index contributed by atoms with van der Waals surface area (Å²) in [6, 6.07) is 11.2. The number of methoxy groups -OCH3 is 1. The average molecular weight is 388 g/mol. The van der Waals surface area contributed by atoms with Gasteiger partial charge in [0.05, 0.1) is 19.2 Å². The highest BCUT2D eigenvalue weighted by Gasteiger charge is 2.12. The topological polar surface area (TPSA) is 77.5 Å². The summed E-state index contributed by atoms with van der Waals surface area (Å²) in [7, 11) is 1.61. The minimum atomic E-state index is -0.430. The Hall–Kier alpha value is -2.71. The van der Waals surface area contributed by atoms with Crippen LogP contribution in [-0.4, -0.2) is 30.6 Å². The first-order chi connectivity index (χ1) is 12.6. The van der Waals surface area contributed by atoms with E-state index in [4.69, 9.17) is 9.47 Å². The molecule has 2 heterocycles. The summed E-state index contributed by atoms with van der Waals surface area (Å²) in [5.74, 6) is -0.0808. The van der Waals surface area contributed by atoms with E-state index in [1.54, 1.807) is 7.11 Å². The van der Waals surface area contributed by atoms with Gasteiger partial charge in [-0.15, -0.1) is 22.7 Å². The molecule has 6 nitrogen and oxygen atoms in total. The van der Waals surface area contributed by atoms with Crippen molar-refractivity contribution in [2.24, 2.45) is 0 Å². The number of ether oxygens (including phenoxy) is 2. The fourth-order valence-electron chi connectivity index (χ4n) is 2.13. The standard InChI is InChI=1S/C18H16N2O4S2/c1-23-13-6-4-12(5-7-13)15-11-26-18(19-15)20-16(21)10-24-17(22)9-14-3-2-8-25-14/h2-8,11H,9-10H2,1H3,(H,19,20,21). The van der Waals surface area contributed by atoms with Crippen LogP contribution in [0.1, 0.15) is 4.88 Å². The Morgan fingerprint density at radius 2 is 1.96 bits per heavy atom. The highest BCUT2D eigenvalue weighted by molar-refractivity contribution is 7.14. The molecule has 0 radical (unpaired) electrons. The lowest BCUT2D eigenvalue weighted by molar-refractivity contribution is -0.146. The number of aromatic nitrogens is 1. The van der Waals surface area contributed by atoms with Gasteiger partial charge in [0.15, 0.2) is 11.7 Å².